The fourth-order valence-electron chi connectivity index (χ4n) is 4.13. The van der Waals surface area contributed by atoms with Crippen LogP contribution in [0.4, 0.5) is 4.39 Å². The van der Waals surface area contributed by atoms with Gasteiger partial charge in [-0.15, -0.1) is 0 Å². The summed E-state index contributed by atoms with van der Waals surface area (Å²) in [5, 5.41) is 0. The first-order valence-corrected chi connectivity index (χ1v) is 9.32. The SMILES string of the molecule is CCC1CCCCn2c1cc(-c1ccc(F)cc1)c2-c1ccccc1. The quantitative estimate of drug-likeness (QED) is 0.506. The maximum atomic E-state index is 13.4. The van der Waals surface area contributed by atoms with E-state index in [0.29, 0.717) is 5.92 Å². The van der Waals surface area contributed by atoms with Crippen LogP contribution < -0.4 is 0 Å². The van der Waals surface area contributed by atoms with Gasteiger partial charge in [-0.1, -0.05) is 55.8 Å². The van der Waals surface area contributed by atoms with E-state index in [1.54, 1.807) is 12.1 Å². The van der Waals surface area contributed by atoms with Crippen LogP contribution in [0, 0.1) is 5.82 Å². The molecule has 4 rings (SSSR count). The Labute approximate surface area is 149 Å². The van der Waals surface area contributed by atoms with Gasteiger partial charge >= 0.3 is 0 Å². The maximum absolute atomic E-state index is 13.4. The first-order valence-electron chi connectivity index (χ1n) is 9.32. The summed E-state index contributed by atoms with van der Waals surface area (Å²) in [6, 6.07) is 19.9. The summed E-state index contributed by atoms with van der Waals surface area (Å²) in [5.74, 6) is 0.427. The van der Waals surface area contributed by atoms with Crippen LogP contribution in [0.2, 0.25) is 0 Å². The molecule has 1 nitrogen and oxygen atoms in total. The Kier molecular flexibility index (Phi) is 4.44. The summed E-state index contributed by atoms with van der Waals surface area (Å²) < 4.78 is 15.9. The zero-order valence-corrected chi connectivity index (χ0v) is 14.7. The van der Waals surface area contributed by atoms with Gasteiger partial charge in [-0.25, -0.2) is 4.39 Å². The molecule has 25 heavy (non-hydrogen) atoms. The van der Waals surface area contributed by atoms with Gasteiger partial charge < -0.3 is 4.57 Å². The van der Waals surface area contributed by atoms with Gasteiger partial charge in [0.15, 0.2) is 0 Å². The third-order valence-electron chi connectivity index (χ3n) is 5.43. The van der Waals surface area contributed by atoms with E-state index in [4.69, 9.17) is 0 Å². The smallest absolute Gasteiger partial charge is 0.123 e. The third kappa shape index (κ3) is 3.02. The number of rotatable bonds is 3. The molecule has 0 fully saturated rings. The topological polar surface area (TPSA) is 4.93 Å². The summed E-state index contributed by atoms with van der Waals surface area (Å²) in [5.41, 5.74) is 6.28. The number of hydrogen-bond acceptors (Lipinski definition) is 0. The summed E-state index contributed by atoms with van der Waals surface area (Å²) in [7, 11) is 0. The zero-order valence-electron chi connectivity index (χ0n) is 14.7. The number of benzene rings is 2. The minimum absolute atomic E-state index is 0.183. The molecule has 0 spiro atoms. The van der Waals surface area contributed by atoms with E-state index in [9.17, 15) is 4.39 Å². The van der Waals surface area contributed by atoms with Crippen LogP contribution in [0.15, 0.2) is 60.7 Å². The van der Waals surface area contributed by atoms with E-state index in [1.165, 1.54) is 48.2 Å². The van der Waals surface area contributed by atoms with Crippen molar-refractivity contribution in [2.24, 2.45) is 0 Å². The molecule has 0 bridgehead atoms. The van der Waals surface area contributed by atoms with Crippen molar-refractivity contribution in [1.29, 1.82) is 0 Å². The zero-order chi connectivity index (χ0) is 17.2. The van der Waals surface area contributed by atoms with Crippen LogP contribution in [-0.2, 0) is 6.54 Å². The molecule has 0 radical (unpaired) electrons. The minimum atomic E-state index is -0.183. The van der Waals surface area contributed by atoms with E-state index in [2.05, 4.69) is 47.9 Å². The monoisotopic (exact) mass is 333 g/mol. The van der Waals surface area contributed by atoms with Gasteiger partial charge in [-0.2, -0.15) is 0 Å². The van der Waals surface area contributed by atoms with Crippen LogP contribution in [0.25, 0.3) is 22.4 Å². The Morgan fingerprint density at radius 3 is 2.44 bits per heavy atom. The standard InChI is InChI=1S/C23H24FN/c1-2-17-8-6-7-15-25-22(17)16-21(18-11-13-20(24)14-12-18)23(25)19-9-4-3-5-10-19/h3-5,9-14,16-17H,2,6-8,15H2,1H3. The Bertz CT molecular complexity index is 846. The van der Waals surface area contributed by atoms with Crippen LogP contribution in [0.1, 0.15) is 44.2 Å². The molecular weight excluding hydrogens is 309 g/mol. The Morgan fingerprint density at radius 1 is 0.960 bits per heavy atom. The molecule has 2 heteroatoms. The van der Waals surface area contributed by atoms with E-state index in [1.807, 2.05) is 12.1 Å². The average molecular weight is 333 g/mol. The van der Waals surface area contributed by atoms with Gasteiger partial charge in [0.05, 0.1) is 5.69 Å². The van der Waals surface area contributed by atoms with Crippen molar-refractivity contribution in [3.05, 3.63) is 72.2 Å². The third-order valence-corrected chi connectivity index (χ3v) is 5.43. The van der Waals surface area contributed by atoms with Crippen molar-refractivity contribution in [1.82, 2.24) is 4.57 Å². The maximum Gasteiger partial charge on any atom is 0.123 e. The summed E-state index contributed by atoms with van der Waals surface area (Å²) in [6.45, 7) is 3.35. The van der Waals surface area contributed by atoms with E-state index >= 15 is 0 Å². The number of nitrogens with zero attached hydrogens (tertiary/aromatic N) is 1. The molecule has 1 aromatic heterocycles. The normalized spacial score (nSPS) is 17.1. The lowest BCUT2D eigenvalue weighted by Gasteiger charge is -2.16. The molecule has 0 saturated heterocycles. The molecule has 1 unspecified atom stereocenters. The second-order valence-electron chi connectivity index (χ2n) is 6.96. The van der Waals surface area contributed by atoms with Gasteiger partial charge in [0.2, 0.25) is 0 Å². The number of fused-ring (bicyclic) bond motifs is 1. The van der Waals surface area contributed by atoms with E-state index < -0.39 is 0 Å². The van der Waals surface area contributed by atoms with Crippen LogP contribution >= 0.6 is 0 Å². The molecule has 1 aliphatic rings. The van der Waals surface area contributed by atoms with Crippen molar-refractivity contribution >= 4 is 0 Å². The first-order chi connectivity index (χ1) is 12.3. The van der Waals surface area contributed by atoms with Gasteiger partial charge in [-0.05, 0) is 54.5 Å². The molecular formula is C23H24FN. The van der Waals surface area contributed by atoms with Crippen molar-refractivity contribution in [2.75, 3.05) is 0 Å². The Morgan fingerprint density at radius 2 is 1.72 bits per heavy atom. The van der Waals surface area contributed by atoms with E-state index in [-0.39, 0.29) is 5.82 Å². The molecule has 0 amide bonds. The van der Waals surface area contributed by atoms with Crippen molar-refractivity contribution in [2.45, 2.75) is 45.1 Å². The van der Waals surface area contributed by atoms with Gasteiger partial charge in [0.1, 0.15) is 5.82 Å². The van der Waals surface area contributed by atoms with Crippen molar-refractivity contribution in [3.8, 4) is 22.4 Å². The average Bonchev–Trinajstić information content (AvgIpc) is 2.91. The fraction of sp³-hybridized carbons (Fsp3) is 0.304. The largest absolute Gasteiger partial charge is 0.344 e. The molecule has 0 aliphatic carbocycles. The van der Waals surface area contributed by atoms with Crippen LogP contribution in [0.5, 0.6) is 0 Å². The molecule has 128 valence electrons. The lowest BCUT2D eigenvalue weighted by atomic mass is 9.95. The van der Waals surface area contributed by atoms with Gasteiger partial charge in [0, 0.05) is 17.8 Å². The van der Waals surface area contributed by atoms with Crippen LogP contribution in [-0.4, -0.2) is 4.57 Å². The number of hydrogen-bond donors (Lipinski definition) is 0. The minimum Gasteiger partial charge on any atom is -0.344 e. The summed E-state index contributed by atoms with van der Waals surface area (Å²) in [4.78, 5) is 0. The molecule has 0 saturated carbocycles. The van der Waals surface area contributed by atoms with Crippen molar-refractivity contribution in [3.63, 3.8) is 0 Å². The lowest BCUT2D eigenvalue weighted by Crippen LogP contribution is -2.05. The second kappa shape index (κ2) is 6.87. The number of aromatic nitrogens is 1. The second-order valence-corrected chi connectivity index (χ2v) is 6.96. The number of halogens is 1. The Balaban J connectivity index is 1.95. The summed E-state index contributed by atoms with van der Waals surface area (Å²) >= 11 is 0. The van der Waals surface area contributed by atoms with Crippen LogP contribution in [0.3, 0.4) is 0 Å². The molecule has 0 N–H and O–H groups in total. The predicted molar refractivity (Wildman–Crippen MR) is 102 cm³/mol. The highest BCUT2D eigenvalue weighted by Gasteiger charge is 2.24. The molecule has 2 heterocycles. The van der Waals surface area contributed by atoms with Gasteiger partial charge in [-0.3, -0.25) is 0 Å². The highest BCUT2D eigenvalue weighted by molar-refractivity contribution is 5.82. The predicted octanol–water partition coefficient (Wildman–Crippen LogP) is 6.64. The molecule has 1 aliphatic heterocycles. The Hall–Kier alpha value is -2.35. The highest BCUT2D eigenvalue weighted by atomic mass is 19.1. The first kappa shape index (κ1) is 16.1. The molecule has 2 aromatic carbocycles. The fourth-order valence-corrected chi connectivity index (χ4v) is 4.13. The van der Waals surface area contributed by atoms with Crippen molar-refractivity contribution < 1.29 is 4.39 Å². The molecule has 1 atom stereocenters. The van der Waals surface area contributed by atoms with E-state index in [0.717, 1.165) is 12.1 Å². The highest BCUT2D eigenvalue weighted by Crippen LogP contribution is 2.41. The van der Waals surface area contributed by atoms with Gasteiger partial charge in [0.25, 0.3) is 0 Å². The molecule has 3 aromatic rings. The lowest BCUT2D eigenvalue weighted by molar-refractivity contribution is 0.581. The summed E-state index contributed by atoms with van der Waals surface area (Å²) in [6.07, 6.45) is 4.94.